The van der Waals surface area contributed by atoms with Gasteiger partial charge in [0, 0.05) is 18.9 Å². The van der Waals surface area contributed by atoms with E-state index in [4.69, 9.17) is 0 Å². The molecule has 1 aromatic heterocycles. The molecule has 0 aliphatic carbocycles. The van der Waals surface area contributed by atoms with Gasteiger partial charge >= 0.3 is 0 Å². The molecule has 0 bridgehead atoms. The maximum atomic E-state index is 12.3. The Labute approximate surface area is 126 Å². The van der Waals surface area contributed by atoms with Crippen LogP contribution in [0.5, 0.6) is 0 Å². The van der Waals surface area contributed by atoms with E-state index in [9.17, 15) is 13.2 Å². The monoisotopic (exact) mass is 313 g/mol. The first kappa shape index (κ1) is 16.0. The molecule has 1 aliphatic heterocycles. The summed E-state index contributed by atoms with van der Waals surface area (Å²) in [6.45, 7) is 3.09. The molecule has 1 atom stereocenters. The summed E-state index contributed by atoms with van der Waals surface area (Å²) in [4.78, 5) is 14.1. The molecular formula is C14H23N3O3S. The van der Waals surface area contributed by atoms with E-state index < -0.39 is 9.84 Å². The van der Waals surface area contributed by atoms with Crippen LogP contribution in [-0.2, 0) is 21.2 Å². The van der Waals surface area contributed by atoms with E-state index in [-0.39, 0.29) is 23.5 Å². The Balaban J connectivity index is 2.02. The van der Waals surface area contributed by atoms with E-state index in [0.29, 0.717) is 19.5 Å². The van der Waals surface area contributed by atoms with E-state index in [2.05, 4.69) is 5.10 Å². The number of amides is 1. The summed E-state index contributed by atoms with van der Waals surface area (Å²) in [5.41, 5.74) is 0. The zero-order chi connectivity index (χ0) is 15.3. The second kappa shape index (κ2) is 7.06. The van der Waals surface area contributed by atoms with Crippen LogP contribution in [0, 0.1) is 0 Å². The fourth-order valence-corrected chi connectivity index (χ4v) is 4.11. The fourth-order valence-electron chi connectivity index (χ4n) is 2.80. The minimum Gasteiger partial charge on any atom is -0.337 e. The molecule has 1 aromatic rings. The molecule has 1 amide bonds. The molecule has 7 heteroatoms. The van der Waals surface area contributed by atoms with Crippen molar-refractivity contribution in [3.05, 3.63) is 18.5 Å². The Morgan fingerprint density at radius 3 is 2.86 bits per heavy atom. The van der Waals surface area contributed by atoms with Crippen molar-refractivity contribution in [1.82, 2.24) is 14.7 Å². The lowest BCUT2D eigenvalue weighted by Crippen LogP contribution is -2.48. The maximum Gasteiger partial charge on any atom is 0.238 e. The van der Waals surface area contributed by atoms with Crippen LogP contribution in [0.2, 0.25) is 0 Å². The van der Waals surface area contributed by atoms with Crippen molar-refractivity contribution in [1.29, 1.82) is 0 Å². The van der Waals surface area contributed by atoms with Gasteiger partial charge in [-0.15, -0.1) is 0 Å². The van der Waals surface area contributed by atoms with Gasteiger partial charge in [-0.1, -0.05) is 6.92 Å². The number of hydrogen-bond donors (Lipinski definition) is 0. The average Bonchev–Trinajstić information content (AvgIpc) is 2.91. The van der Waals surface area contributed by atoms with Crippen LogP contribution in [0.1, 0.15) is 32.6 Å². The molecule has 0 radical (unpaired) electrons. The van der Waals surface area contributed by atoms with Crippen molar-refractivity contribution in [2.45, 2.75) is 45.2 Å². The van der Waals surface area contributed by atoms with E-state index in [0.717, 1.165) is 19.3 Å². The predicted octanol–water partition coefficient (Wildman–Crippen LogP) is 1.09. The molecule has 2 heterocycles. The topological polar surface area (TPSA) is 72.3 Å². The van der Waals surface area contributed by atoms with Gasteiger partial charge in [-0.25, -0.2) is 8.42 Å². The highest BCUT2D eigenvalue weighted by Gasteiger charge is 2.29. The predicted molar refractivity (Wildman–Crippen MR) is 80.5 cm³/mol. The molecular weight excluding hydrogens is 290 g/mol. The number of sulfone groups is 1. The van der Waals surface area contributed by atoms with E-state index >= 15 is 0 Å². The highest BCUT2D eigenvalue weighted by atomic mass is 32.2. The smallest absolute Gasteiger partial charge is 0.238 e. The van der Waals surface area contributed by atoms with Crippen LogP contribution in [0.25, 0.3) is 0 Å². The number of hydrogen-bond acceptors (Lipinski definition) is 4. The first-order valence-electron chi connectivity index (χ1n) is 7.49. The largest absolute Gasteiger partial charge is 0.337 e. The molecule has 0 spiro atoms. The average molecular weight is 313 g/mol. The summed E-state index contributed by atoms with van der Waals surface area (Å²) >= 11 is 0. The molecule has 0 N–H and O–H groups in total. The van der Waals surface area contributed by atoms with Crippen LogP contribution in [0.15, 0.2) is 18.5 Å². The van der Waals surface area contributed by atoms with Crippen molar-refractivity contribution in [3.8, 4) is 0 Å². The Kier molecular flexibility index (Phi) is 5.39. The highest BCUT2D eigenvalue weighted by Crippen LogP contribution is 2.19. The van der Waals surface area contributed by atoms with Crippen molar-refractivity contribution < 1.29 is 13.2 Å². The number of carbonyl (C=O) groups is 1. The van der Waals surface area contributed by atoms with Crippen LogP contribution in [0.4, 0.5) is 0 Å². The lowest BCUT2D eigenvalue weighted by atomic mass is 10.0. The van der Waals surface area contributed by atoms with E-state index in [1.165, 1.54) is 0 Å². The molecule has 0 unspecified atom stereocenters. The minimum atomic E-state index is -3.28. The van der Waals surface area contributed by atoms with Gasteiger partial charge in [0.25, 0.3) is 0 Å². The zero-order valence-electron chi connectivity index (χ0n) is 12.4. The Bertz CT molecular complexity index is 554. The number of aromatic nitrogens is 2. The first-order valence-corrected chi connectivity index (χ1v) is 9.31. The van der Waals surface area contributed by atoms with Gasteiger partial charge in [-0.05, 0) is 31.7 Å². The van der Waals surface area contributed by atoms with Gasteiger partial charge < -0.3 is 4.90 Å². The third kappa shape index (κ3) is 4.56. The van der Waals surface area contributed by atoms with E-state index in [1.54, 1.807) is 15.8 Å². The molecule has 0 aromatic carbocycles. The first-order chi connectivity index (χ1) is 10.0. The van der Waals surface area contributed by atoms with E-state index in [1.807, 2.05) is 19.2 Å². The van der Waals surface area contributed by atoms with Crippen LogP contribution >= 0.6 is 0 Å². The summed E-state index contributed by atoms with van der Waals surface area (Å²) in [6, 6.07) is 1.89. The number of carbonyl (C=O) groups excluding carboxylic acids is 1. The third-order valence-corrected chi connectivity index (χ3v) is 5.48. The molecule has 1 saturated heterocycles. The molecule has 2 rings (SSSR count). The zero-order valence-corrected chi connectivity index (χ0v) is 13.3. The third-order valence-electron chi connectivity index (χ3n) is 3.76. The summed E-state index contributed by atoms with van der Waals surface area (Å²) in [5.74, 6) is -0.548. The van der Waals surface area contributed by atoms with Crippen molar-refractivity contribution in [2.24, 2.45) is 0 Å². The van der Waals surface area contributed by atoms with Gasteiger partial charge in [-0.2, -0.15) is 5.10 Å². The summed E-state index contributed by atoms with van der Waals surface area (Å²) in [7, 11) is -3.28. The van der Waals surface area contributed by atoms with Crippen LogP contribution in [-0.4, -0.2) is 53.1 Å². The second-order valence-corrected chi connectivity index (χ2v) is 7.74. The van der Waals surface area contributed by atoms with Crippen molar-refractivity contribution in [2.75, 3.05) is 18.1 Å². The molecule has 118 valence electrons. The summed E-state index contributed by atoms with van der Waals surface area (Å²) in [5, 5.41) is 4.17. The summed E-state index contributed by atoms with van der Waals surface area (Å²) in [6.07, 6.45) is 7.03. The summed E-state index contributed by atoms with van der Waals surface area (Å²) < 4.78 is 25.5. The molecule has 6 nitrogen and oxygen atoms in total. The Morgan fingerprint density at radius 2 is 2.19 bits per heavy atom. The lowest BCUT2D eigenvalue weighted by molar-refractivity contribution is -0.132. The highest BCUT2D eigenvalue weighted by molar-refractivity contribution is 7.92. The number of nitrogens with zero attached hydrogens (tertiary/aromatic N) is 3. The second-order valence-electron chi connectivity index (χ2n) is 5.56. The molecule has 1 fully saturated rings. The molecule has 21 heavy (non-hydrogen) atoms. The van der Waals surface area contributed by atoms with Crippen LogP contribution < -0.4 is 0 Å². The standard InChI is InChI=1S/C14H23N3O3S/c1-2-10-21(19,20)12-14(18)17-9-4-3-6-13(17)11-16-8-5-7-15-16/h5,7-8,13H,2-4,6,9-12H2,1H3/t13-/m0/s1. The number of rotatable bonds is 6. The Morgan fingerprint density at radius 1 is 1.38 bits per heavy atom. The van der Waals surface area contributed by atoms with Gasteiger partial charge in [0.2, 0.25) is 5.91 Å². The van der Waals surface area contributed by atoms with Gasteiger partial charge in [-0.3, -0.25) is 9.48 Å². The van der Waals surface area contributed by atoms with Gasteiger partial charge in [0.1, 0.15) is 5.75 Å². The fraction of sp³-hybridized carbons (Fsp3) is 0.714. The normalized spacial score (nSPS) is 19.7. The van der Waals surface area contributed by atoms with Gasteiger partial charge in [0.15, 0.2) is 9.84 Å². The molecule has 1 aliphatic rings. The van der Waals surface area contributed by atoms with Gasteiger partial charge in [0.05, 0.1) is 18.3 Å². The lowest BCUT2D eigenvalue weighted by Gasteiger charge is -2.35. The minimum absolute atomic E-state index is 0.0444. The van der Waals surface area contributed by atoms with Crippen molar-refractivity contribution in [3.63, 3.8) is 0 Å². The number of likely N-dealkylation sites (tertiary alicyclic amines) is 1. The Hall–Kier alpha value is -1.37. The number of piperidine rings is 1. The van der Waals surface area contributed by atoms with Crippen LogP contribution in [0.3, 0.4) is 0 Å². The maximum absolute atomic E-state index is 12.3. The quantitative estimate of drug-likeness (QED) is 0.788. The van der Waals surface area contributed by atoms with Crippen molar-refractivity contribution >= 4 is 15.7 Å². The SMILES string of the molecule is CCCS(=O)(=O)CC(=O)N1CCCC[C@H]1Cn1cccn1. The molecule has 0 saturated carbocycles.